The van der Waals surface area contributed by atoms with Crippen LogP contribution in [0.1, 0.15) is 0 Å². The van der Waals surface area contributed by atoms with E-state index in [4.69, 9.17) is 5.73 Å². The van der Waals surface area contributed by atoms with E-state index in [2.05, 4.69) is 6.58 Å². The van der Waals surface area contributed by atoms with Crippen molar-refractivity contribution in [3.8, 4) is 0 Å². The predicted octanol–water partition coefficient (Wildman–Crippen LogP) is -0.804. The first-order chi connectivity index (χ1) is 3.13. The van der Waals surface area contributed by atoms with Crippen molar-refractivity contribution in [3.63, 3.8) is 0 Å². The molecule has 0 aliphatic heterocycles. The maximum Gasteiger partial charge on any atom is 0.0367 e. The van der Waals surface area contributed by atoms with Crippen molar-refractivity contribution in [2.75, 3.05) is 20.6 Å². The zero-order valence-electron chi connectivity index (χ0n) is 5.44. The molecular weight excluding hydrogens is 104 g/mol. The summed E-state index contributed by atoms with van der Waals surface area (Å²) in [6.07, 6.45) is 0. The highest BCUT2D eigenvalue weighted by atomic mass is 16.0. The fourth-order valence-electron chi connectivity index (χ4n) is 0.406. The van der Waals surface area contributed by atoms with E-state index in [1.165, 1.54) is 0 Å². The summed E-state index contributed by atoms with van der Waals surface area (Å²) in [6, 6.07) is 0. The van der Waals surface area contributed by atoms with Gasteiger partial charge in [-0.3, -0.25) is 0 Å². The van der Waals surface area contributed by atoms with Crippen LogP contribution in [0, 0.1) is 0 Å². The molecule has 0 aromatic carbocycles. The van der Waals surface area contributed by atoms with Gasteiger partial charge in [-0.1, -0.05) is 6.58 Å². The average molecular weight is 118 g/mol. The number of hydrogen-bond donors (Lipinski definition) is 1. The van der Waals surface area contributed by atoms with Gasteiger partial charge in [0.1, 0.15) is 0 Å². The second-order valence-corrected chi connectivity index (χ2v) is 1.90. The highest BCUT2D eigenvalue weighted by Gasteiger charge is 1.85. The third-order valence-corrected chi connectivity index (χ3v) is 0.519. The van der Waals surface area contributed by atoms with Crippen molar-refractivity contribution >= 4 is 0 Å². The number of nitrogens with zero attached hydrogens (tertiary/aromatic N) is 1. The van der Waals surface area contributed by atoms with E-state index in [0.29, 0.717) is 5.70 Å². The molecule has 0 unspecified atom stereocenters. The minimum Gasteiger partial charge on any atom is -0.412 e. The first-order valence-electron chi connectivity index (χ1n) is 2.21. The molecule has 3 nitrogen and oxygen atoms in total. The molecule has 0 atom stereocenters. The zero-order chi connectivity index (χ0) is 5.86. The fraction of sp³-hybridized carbons (Fsp3) is 0.600. The van der Waals surface area contributed by atoms with Crippen molar-refractivity contribution in [2.24, 2.45) is 5.73 Å². The Bertz CT molecular complexity index is 70.8. The van der Waals surface area contributed by atoms with Crippen molar-refractivity contribution in [1.82, 2.24) is 4.90 Å². The fourth-order valence-corrected chi connectivity index (χ4v) is 0.406. The summed E-state index contributed by atoms with van der Waals surface area (Å²) in [4.78, 5) is 1.97. The van der Waals surface area contributed by atoms with Gasteiger partial charge in [-0.2, -0.15) is 0 Å². The van der Waals surface area contributed by atoms with Crippen LogP contribution in [0.4, 0.5) is 0 Å². The van der Waals surface area contributed by atoms with Gasteiger partial charge in [0.25, 0.3) is 0 Å². The summed E-state index contributed by atoms with van der Waals surface area (Å²) in [5.41, 5.74) is 5.97. The van der Waals surface area contributed by atoms with Gasteiger partial charge in [-0.15, -0.1) is 0 Å². The van der Waals surface area contributed by atoms with Gasteiger partial charge in [0.05, 0.1) is 0 Å². The SMILES string of the molecule is C=C(N)CN(C)C.O. The molecule has 0 spiro atoms. The Morgan fingerprint density at radius 3 is 2.00 bits per heavy atom. The largest absolute Gasteiger partial charge is 0.412 e. The molecule has 4 N–H and O–H groups in total. The molecule has 0 saturated carbocycles. The van der Waals surface area contributed by atoms with Gasteiger partial charge >= 0.3 is 0 Å². The molecule has 8 heavy (non-hydrogen) atoms. The van der Waals surface area contributed by atoms with Crippen LogP contribution >= 0.6 is 0 Å². The van der Waals surface area contributed by atoms with Crippen molar-refractivity contribution in [1.29, 1.82) is 0 Å². The molecule has 0 fully saturated rings. The molecule has 0 aliphatic carbocycles. The minimum absolute atomic E-state index is 0. The van der Waals surface area contributed by atoms with Crippen LogP contribution in [-0.2, 0) is 0 Å². The van der Waals surface area contributed by atoms with Crippen molar-refractivity contribution in [3.05, 3.63) is 12.3 Å². The van der Waals surface area contributed by atoms with Gasteiger partial charge in [-0.05, 0) is 14.1 Å². The van der Waals surface area contributed by atoms with Crippen molar-refractivity contribution < 1.29 is 5.48 Å². The maximum atomic E-state index is 5.26. The lowest BCUT2D eigenvalue weighted by molar-refractivity contribution is 0.444. The van der Waals surface area contributed by atoms with E-state index < -0.39 is 0 Å². The van der Waals surface area contributed by atoms with Gasteiger partial charge in [-0.25, -0.2) is 0 Å². The minimum atomic E-state index is 0. The highest BCUT2D eigenvalue weighted by Crippen LogP contribution is 1.78. The summed E-state index contributed by atoms with van der Waals surface area (Å²) in [5, 5.41) is 0. The van der Waals surface area contributed by atoms with E-state index >= 15 is 0 Å². The lowest BCUT2D eigenvalue weighted by Gasteiger charge is -2.06. The van der Waals surface area contributed by atoms with Crippen LogP contribution in [0.15, 0.2) is 12.3 Å². The Hall–Kier alpha value is -0.540. The smallest absolute Gasteiger partial charge is 0.0367 e. The first kappa shape index (κ1) is 10.4. The molecule has 3 heteroatoms. The highest BCUT2D eigenvalue weighted by molar-refractivity contribution is 4.87. The first-order valence-corrected chi connectivity index (χ1v) is 2.21. The Morgan fingerprint density at radius 2 is 2.00 bits per heavy atom. The van der Waals surface area contributed by atoms with Crippen molar-refractivity contribution in [2.45, 2.75) is 0 Å². The van der Waals surface area contributed by atoms with Crippen LogP contribution in [-0.4, -0.2) is 31.0 Å². The third-order valence-electron chi connectivity index (χ3n) is 0.519. The van der Waals surface area contributed by atoms with Crippen LogP contribution in [0.5, 0.6) is 0 Å². The maximum absolute atomic E-state index is 5.26. The molecule has 0 heterocycles. The standard InChI is InChI=1S/C5H12N2.H2O/c1-5(6)4-7(2)3;/h1,4,6H2,2-3H3;1H2. The lowest BCUT2D eigenvalue weighted by Crippen LogP contribution is -2.18. The number of rotatable bonds is 2. The summed E-state index contributed by atoms with van der Waals surface area (Å²) in [5.74, 6) is 0. The van der Waals surface area contributed by atoms with Gasteiger partial charge < -0.3 is 16.1 Å². The predicted molar refractivity (Wildman–Crippen MR) is 35.5 cm³/mol. The van der Waals surface area contributed by atoms with E-state index in [1.807, 2.05) is 19.0 Å². The average Bonchev–Trinajstić information content (AvgIpc) is 1.27. The molecule has 0 rings (SSSR count). The van der Waals surface area contributed by atoms with Crippen LogP contribution in [0.25, 0.3) is 0 Å². The molecule has 0 amide bonds. The summed E-state index contributed by atoms with van der Waals surface area (Å²) < 4.78 is 0. The summed E-state index contributed by atoms with van der Waals surface area (Å²) in [6.45, 7) is 4.31. The molecule has 0 radical (unpaired) electrons. The third kappa shape index (κ3) is 9.07. The van der Waals surface area contributed by atoms with Gasteiger partial charge in [0, 0.05) is 12.2 Å². The van der Waals surface area contributed by atoms with Gasteiger partial charge in [0.2, 0.25) is 0 Å². The van der Waals surface area contributed by atoms with Crippen LogP contribution < -0.4 is 5.73 Å². The molecule has 0 saturated heterocycles. The Labute approximate surface area is 50.1 Å². The number of hydrogen-bond acceptors (Lipinski definition) is 2. The van der Waals surface area contributed by atoms with Crippen LogP contribution in [0.2, 0.25) is 0 Å². The Kier molecular flexibility index (Phi) is 6.02. The monoisotopic (exact) mass is 118 g/mol. The van der Waals surface area contributed by atoms with E-state index in [0.717, 1.165) is 6.54 Å². The van der Waals surface area contributed by atoms with Gasteiger partial charge in [0.15, 0.2) is 0 Å². The lowest BCUT2D eigenvalue weighted by atomic mass is 10.5. The normalized spacial score (nSPS) is 8.38. The quantitative estimate of drug-likeness (QED) is 0.515. The second-order valence-electron chi connectivity index (χ2n) is 1.90. The van der Waals surface area contributed by atoms with Crippen LogP contribution in [0.3, 0.4) is 0 Å². The molecule has 50 valence electrons. The zero-order valence-corrected chi connectivity index (χ0v) is 5.44. The Morgan fingerprint density at radius 1 is 1.62 bits per heavy atom. The second kappa shape index (κ2) is 4.61. The van der Waals surface area contributed by atoms with E-state index in [9.17, 15) is 0 Å². The number of nitrogens with two attached hydrogens (primary N) is 1. The topological polar surface area (TPSA) is 60.8 Å². The number of likely N-dealkylation sites (N-methyl/N-ethyl adjacent to an activating group) is 1. The molecule has 0 aromatic heterocycles. The molecule has 0 aliphatic rings. The Balaban J connectivity index is 0. The molecular formula is C5H14N2O. The molecule has 0 bridgehead atoms. The van der Waals surface area contributed by atoms with E-state index in [-0.39, 0.29) is 5.48 Å². The summed E-state index contributed by atoms with van der Waals surface area (Å²) >= 11 is 0. The summed E-state index contributed by atoms with van der Waals surface area (Å²) in [7, 11) is 3.91. The molecule has 0 aromatic rings. The van der Waals surface area contributed by atoms with E-state index in [1.54, 1.807) is 0 Å².